The first-order valence-electron chi connectivity index (χ1n) is 7.31. The molecule has 2 rings (SSSR count). The summed E-state index contributed by atoms with van der Waals surface area (Å²) in [6, 6.07) is 8.37. The first-order valence-corrected chi connectivity index (χ1v) is 7.31. The average Bonchev–Trinajstić information content (AvgIpc) is 2.97. The monoisotopic (exact) mass is 334 g/mol. The molecule has 0 aliphatic rings. The van der Waals surface area contributed by atoms with Crippen LogP contribution in [0.5, 0.6) is 11.5 Å². The molecule has 0 atom stereocenters. The molecule has 0 aliphatic carbocycles. The Bertz CT molecular complexity index is 680. The highest BCUT2D eigenvalue weighted by molar-refractivity contribution is 5.91. The number of carbonyl (C=O) groups excluding carboxylic acids is 2. The first-order chi connectivity index (χ1) is 11.6. The lowest BCUT2D eigenvalue weighted by molar-refractivity contribution is -0.149. The Hall–Kier alpha value is -3.03. The normalized spacial score (nSPS) is 10.1. The SMILES string of the molecule is CCOc1ccc(OCC(=O)OCC(=O)Nc2cc(C)on2)cc1. The molecule has 0 aliphatic heterocycles. The van der Waals surface area contributed by atoms with Crippen LogP contribution in [0.1, 0.15) is 12.7 Å². The third-order valence-electron chi connectivity index (χ3n) is 2.75. The van der Waals surface area contributed by atoms with Crippen LogP contribution in [0, 0.1) is 6.92 Å². The topological polar surface area (TPSA) is 99.9 Å². The van der Waals surface area contributed by atoms with Gasteiger partial charge < -0.3 is 24.1 Å². The highest BCUT2D eigenvalue weighted by atomic mass is 16.6. The molecular weight excluding hydrogens is 316 g/mol. The van der Waals surface area contributed by atoms with Crippen molar-refractivity contribution in [1.29, 1.82) is 0 Å². The van der Waals surface area contributed by atoms with Gasteiger partial charge in [-0.2, -0.15) is 0 Å². The number of benzene rings is 1. The minimum absolute atomic E-state index is 0.263. The second-order valence-corrected chi connectivity index (χ2v) is 4.72. The number of nitrogens with zero attached hydrogens (tertiary/aromatic N) is 1. The molecule has 0 fully saturated rings. The number of aromatic nitrogens is 1. The van der Waals surface area contributed by atoms with Gasteiger partial charge in [0.2, 0.25) is 0 Å². The van der Waals surface area contributed by atoms with Gasteiger partial charge in [-0.25, -0.2) is 4.79 Å². The summed E-state index contributed by atoms with van der Waals surface area (Å²) < 4.78 is 20.2. The van der Waals surface area contributed by atoms with Crippen LogP contribution in [0.2, 0.25) is 0 Å². The summed E-state index contributed by atoms with van der Waals surface area (Å²) in [6.07, 6.45) is 0. The molecule has 24 heavy (non-hydrogen) atoms. The molecule has 1 aromatic carbocycles. The minimum atomic E-state index is -0.657. The number of anilines is 1. The van der Waals surface area contributed by atoms with Gasteiger partial charge in [-0.3, -0.25) is 4.79 Å². The number of carbonyl (C=O) groups is 2. The van der Waals surface area contributed by atoms with Crippen LogP contribution in [-0.4, -0.2) is 36.9 Å². The number of ether oxygens (including phenoxy) is 3. The Kier molecular flexibility index (Phi) is 6.18. The Morgan fingerprint density at radius 3 is 2.38 bits per heavy atom. The number of aryl methyl sites for hydroxylation is 1. The van der Waals surface area contributed by atoms with Gasteiger partial charge in [0.15, 0.2) is 19.0 Å². The van der Waals surface area contributed by atoms with E-state index in [0.29, 0.717) is 23.9 Å². The maximum atomic E-state index is 11.6. The zero-order valence-electron chi connectivity index (χ0n) is 13.4. The molecule has 128 valence electrons. The fourth-order valence-corrected chi connectivity index (χ4v) is 1.73. The zero-order valence-corrected chi connectivity index (χ0v) is 13.4. The first kappa shape index (κ1) is 17.3. The molecule has 1 N–H and O–H groups in total. The van der Waals surface area contributed by atoms with Crippen LogP contribution in [0.4, 0.5) is 5.82 Å². The third kappa shape index (κ3) is 5.64. The van der Waals surface area contributed by atoms with E-state index >= 15 is 0 Å². The molecule has 0 saturated carbocycles. The highest BCUT2D eigenvalue weighted by Gasteiger charge is 2.10. The van der Waals surface area contributed by atoms with Crippen LogP contribution in [0.3, 0.4) is 0 Å². The Morgan fingerprint density at radius 1 is 1.12 bits per heavy atom. The lowest BCUT2D eigenvalue weighted by Gasteiger charge is -2.08. The molecule has 0 saturated heterocycles. The van der Waals surface area contributed by atoms with E-state index in [2.05, 4.69) is 10.5 Å². The highest BCUT2D eigenvalue weighted by Crippen LogP contribution is 2.17. The quantitative estimate of drug-likeness (QED) is 0.736. The summed E-state index contributed by atoms with van der Waals surface area (Å²) >= 11 is 0. The molecule has 0 unspecified atom stereocenters. The fraction of sp³-hybridized carbons (Fsp3) is 0.312. The second kappa shape index (κ2) is 8.56. The third-order valence-corrected chi connectivity index (χ3v) is 2.75. The predicted octanol–water partition coefficient (Wildman–Crippen LogP) is 1.94. The van der Waals surface area contributed by atoms with E-state index in [1.54, 1.807) is 37.3 Å². The van der Waals surface area contributed by atoms with E-state index < -0.39 is 18.5 Å². The molecular formula is C16H18N2O6. The van der Waals surface area contributed by atoms with Crippen LogP contribution >= 0.6 is 0 Å². The van der Waals surface area contributed by atoms with Crippen molar-refractivity contribution < 1.29 is 28.3 Å². The van der Waals surface area contributed by atoms with Crippen molar-refractivity contribution in [2.24, 2.45) is 0 Å². The van der Waals surface area contributed by atoms with Crippen molar-refractivity contribution in [3.05, 3.63) is 36.1 Å². The van der Waals surface area contributed by atoms with Gasteiger partial charge >= 0.3 is 5.97 Å². The molecule has 1 aromatic heterocycles. The van der Waals surface area contributed by atoms with Crippen LogP contribution in [-0.2, 0) is 14.3 Å². The fourth-order valence-electron chi connectivity index (χ4n) is 1.73. The van der Waals surface area contributed by atoms with Crippen molar-refractivity contribution in [2.75, 3.05) is 25.1 Å². The molecule has 0 spiro atoms. The van der Waals surface area contributed by atoms with Gasteiger partial charge in [0, 0.05) is 6.07 Å². The van der Waals surface area contributed by atoms with E-state index in [1.165, 1.54) is 0 Å². The smallest absolute Gasteiger partial charge is 0.344 e. The van der Waals surface area contributed by atoms with E-state index in [-0.39, 0.29) is 12.4 Å². The Balaban J connectivity index is 1.68. The number of hydrogen-bond donors (Lipinski definition) is 1. The summed E-state index contributed by atoms with van der Waals surface area (Å²) in [6.45, 7) is 3.42. The van der Waals surface area contributed by atoms with Crippen molar-refractivity contribution in [2.45, 2.75) is 13.8 Å². The summed E-state index contributed by atoms with van der Waals surface area (Å²) in [5.74, 6) is 0.864. The van der Waals surface area contributed by atoms with Crippen LogP contribution in [0.25, 0.3) is 0 Å². The summed E-state index contributed by atoms with van der Waals surface area (Å²) in [5.41, 5.74) is 0. The maximum absolute atomic E-state index is 11.6. The van der Waals surface area contributed by atoms with Gasteiger partial charge in [0.1, 0.15) is 17.3 Å². The standard InChI is InChI=1S/C16H18N2O6/c1-3-21-12-4-6-13(7-5-12)22-10-16(20)23-9-15(19)17-14-8-11(2)24-18-14/h4-8H,3,9-10H2,1-2H3,(H,17,18,19). The maximum Gasteiger partial charge on any atom is 0.344 e. The van der Waals surface area contributed by atoms with Crippen LogP contribution in [0.15, 0.2) is 34.9 Å². The zero-order chi connectivity index (χ0) is 17.4. The molecule has 0 bridgehead atoms. The Morgan fingerprint density at radius 2 is 1.79 bits per heavy atom. The van der Waals surface area contributed by atoms with E-state index in [1.807, 2.05) is 6.92 Å². The molecule has 2 aromatic rings. The molecule has 8 nitrogen and oxygen atoms in total. The lowest BCUT2D eigenvalue weighted by Crippen LogP contribution is -2.23. The largest absolute Gasteiger partial charge is 0.494 e. The van der Waals surface area contributed by atoms with Crippen molar-refractivity contribution in [3.63, 3.8) is 0 Å². The summed E-state index contributed by atoms with van der Waals surface area (Å²) in [5, 5.41) is 6.03. The average molecular weight is 334 g/mol. The molecule has 1 heterocycles. The van der Waals surface area contributed by atoms with Gasteiger partial charge in [0.05, 0.1) is 6.61 Å². The van der Waals surface area contributed by atoms with Crippen LogP contribution < -0.4 is 14.8 Å². The van der Waals surface area contributed by atoms with Crippen molar-refractivity contribution in [3.8, 4) is 11.5 Å². The number of rotatable bonds is 8. The number of nitrogens with one attached hydrogen (secondary N) is 1. The van der Waals surface area contributed by atoms with E-state index in [0.717, 1.165) is 0 Å². The van der Waals surface area contributed by atoms with Gasteiger partial charge in [-0.15, -0.1) is 0 Å². The number of esters is 1. The number of hydrogen-bond acceptors (Lipinski definition) is 7. The second-order valence-electron chi connectivity index (χ2n) is 4.72. The summed E-state index contributed by atoms with van der Waals surface area (Å²) in [4.78, 5) is 23.1. The van der Waals surface area contributed by atoms with Crippen molar-refractivity contribution >= 4 is 17.7 Å². The van der Waals surface area contributed by atoms with Gasteiger partial charge in [-0.05, 0) is 38.1 Å². The lowest BCUT2D eigenvalue weighted by atomic mass is 10.3. The summed E-state index contributed by atoms with van der Waals surface area (Å²) in [7, 11) is 0. The van der Waals surface area contributed by atoms with E-state index in [9.17, 15) is 9.59 Å². The molecule has 8 heteroatoms. The number of amides is 1. The minimum Gasteiger partial charge on any atom is -0.494 e. The van der Waals surface area contributed by atoms with Crippen molar-refractivity contribution in [1.82, 2.24) is 5.16 Å². The molecule has 0 radical (unpaired) electrons. The van der Waals surface area contributed by atoms with Gasteiger partial charge in [0.25, 0.3) is 5.91 Å². The Labute approximate surface area is 138 Å². The van der Waals surface area contributed by atoms with Gasteiger partial charge in [-0.1, -0.05) is 5.16 Å². The predicted molar refractivity (Wildman–Crippen MR) is 83.9 cm³/mol. The van der Waals surface area contributed by atoms with E-state index in [4.69, 9.17) is 18.7 Å². The molecule has 1 amide bonds.